The van der Waals surface area contributed by atoms with E-state index in [-0.39, 0.29) is 41.5 Å². The number of halogens is 1. The highest BCUT2D eigenvalue weighted by Crippen LogP contribution is 2.16. The first-order valence-corrected chi connectivity index (χ1v) is 11.5. The van der Waals surface area contributed by atoms with Crippen molar-refractivity contribution < 1.29 is 4.79 Å². The van der Waals surface area contributed by atoms with E-state index in [9.17, 15) is 4.79 Å². The van der Waals surface area contributed by atoms with Crippen LogP contribution in [0.15, 0.2) is 35.3 Å². The number of guanidine groups is 1. The van der Waals surface area contributed by atoms with E-state index in [1.807, 2.05) is 20.2 Å². The van der Waals surface area contributed by atoms with Gasteiger partial charge in [0.15, 0.2) is 5.96 Å². The molecule has 1 amide bonds. The molecule has 0 aliphatic carbocycles. The molecule has 32 heavy (non-hydrogen) atoms. The molecule has 1 heterocycles. The number of benzene rings is 1. The molecule has 8 heteroatoms. The Kier molecular flexibility index (Phi) is 12.5. The third-order valence-corrected chi connectivity index (χ3v) is 5.67. The number of carbonyl (C=O) groups excluding carboxylic acids is 1. The first-order chi connectivity index (χ1) is 14.7. The van der Waals surface area contributed by atoms with E-state index in [1.54, 1.807) is 4.90 Å². The van der Waals surface area contributed by atoms with E-state index in [1.165, 1.54) is 5.56 Å². The third kappa shape index (κ3) is 10.0. The number of rotatable bonds is 9. The Labute approximate surface area is 211 Å². The maximum Gasteiger partial charge on any atom is 0.236 e. The lowest BCUT2D eigenvalue weighted by atomic mass is 10.0. The average Bonchev–Trinajstić information content (AvgIpc) is 2.74. The average molecular weight is 559 g/mol. The van der Waals surface area contributed by atoms with E-state index in [4.69, 9.17) is 4.99 Å². The molecule has 3 N–H and O–H groups in total. The van der Waals surface area contributed by atoms with E-state index in [2.05, 4.69) is 72.8 Å². The Bertz CT molecular complexity index is 702. The molecule has 0 radical (unpaired) electrons. The molecule has 1 aliphatic rings. The zero-order valence-corrected chi connectivity index (χ0v) is 23.0. The van der Waals surface area contributed by atoms with Crippen LogP contribution in [0.5, 0.6) is 0 Å². The van der Waals surface area contributed by atoms with Crippen LogP contribution in [0.4, 0.5) is 0 Å². The fourth-order valence-corrected chi connectivity index (χ4v) is 3.81. The van der Waals surface area contributed by atoms with Gasteiger partial charge in [-0.15, -0.1) is 24.0 Å². The first kappa shape index (κ1) is 28.6. The second-order valence-electron chi connectivity index (χ2n) is 9.34. The lowest BCUT2D eigenvalue weighted by Gasteiger charge is -2.33. The maximum atomic E-state index is 11.9. The van der Waals surface area contributed by atoms with Gasteiger partial charge < -0.3 is 20.9 Å². The summed E-state index contributed by atoms with van der Waals surface area (Å²) in [5.41, 5.74) is 1.15. The zero-order valence-electron chi connectivity index (χ0n) is 20.6. The van der Waals surface area contributed by atoms with Gasteiger partial charge in [0.2, 0.25) is 5.91 Å². The first-order valence-electron chi connectivity index (χ1n) is 11.5. The van der Waals surface area contributed by atoms with Crippen molar-refractivity contribution in [3.8, 4) is 0 Å². The van der Waals surface area contributed by atoms with Gasteiger partial charge >= 0.3 is 0 Å². The van der Waals surface area contributed by atoms with Gasteiger partial charge in [0.1, 0.15) is 0 Å². The van der Waals surface area contributed by atoms with Crippen molar-refractivity contribution >= 4 is 35.8 Å². The van der Waals surface area contributed by atoms with E-state index >= 15 is 0 Å². The number of aliphatic imine (C=N–C) groups is 1. The van der Waals surface area contributed by atoms with Crippen molar-refractivity contribution in [2.75, 3.05) is 46.8 Å². The number of nitrogens with one attached hydrogen (secondary N) is 3. The molecule has 0 spiro atoms. The Morgan fingerprint density at radius 2 is 1.84 bits per heavy atom. The number of carbonyl (C=O) groups is 1. The molecular weight excluding hydrogens is 515 g/mol. The van der Waals surface area contributed by atoms with Crippen molar-refractivity contribution in [1.82, 2.24) is 25.8 Å². The van der Waals surface area contributed by atoms with Crippen LogP contribution >= 0.6 is 24.0 Å². The van der Waals surface area contributed by atoms with Crippen LogP contribution < -0.4 is 16.0 Å². The van der Waals surface area contributed by atoms with Gasteiger partial charge in [-0.2, -0.15) is 0 Å². The number of nitrogens with zero attached hydrogens (tertiary/aromatic N) is 3. The van der Waals surface area contributed by atoms with Crippen molar-refractivity contribution in [3.63, 3.8) is 0 Å². The zero-order chi connectivity index (χ0) is 22.9. The van der Waals surface area contributed by atoms with Crippen LogP contribution in [-0.2, 0) is 4.79 Å². The number of amides is 1. The number of hydrogen-bond donors (Lipinski definition) is 3. The Morgan fingerprint density at radius 1 is 1.22 bits per heavy atom. The summed E-state index contributed by atoms with van der Waals surface area (Å²) in [5, 5.41) is 10.7. The summed E-state index contributed by atoms with van der Waals surface area (Å²) in [5.74, 6) is 1.04. The van der Waals surface area contributed by atoms with Crippen LogP contribution in [0.1, 0.15) is 52.1 Å². The van der Waals surface area contributed by atoms with Crippen LogP contribution in [0.25, 0.3) is 0 Å². The fraction of sp³-hybridized carbons (Fsp3) is 0.667. The summed E-state index contributed by atoms with van der Waals surface area (Å²) in [4.78, 5) is 20.7. The lowest BCUT2D eigenvalue weighted by Crippen LogP contribution is -2.51. The lowest BCUT2D eigenvalue weighted by molar-refractivity contribution is -0.130. The van der Waals surface area contributed by atoms with Crippen molar-refractivity contribution in [2.24, 2.45) is 4.99 Å². The minimum absolute atomic E-state index is 0. The van der Waals surface area contributed by atoms with Crippen molar-refractivity contribution in [1.29, 1.82) is 0 Å². The van der Waals surface area contributed by atoms with Crippen LogP contribution in [-0.4, -0.2) is 80.1 Å². The SMILES string of the molecule is CCNC(=NCC(C)(C)NC(C)c1ccccc1)NC1CCN(CC(=O)N(C)C)CC1.I. The molecule has 0 saturated carbocycles. The van der Waals surface area contributed by atoms with Crippen molar-refractivity contribution in [3.05, 3.63) is 35.9 Å². The predicted molar refractivity (Wildman–Crippen MR) is 145 cm³/mol. The van der Waals surface area contributed by atoms with E-state index in [0.29, 0.717) is 19.1 Å². The minimum atomic E-state index is -0.131. The number of piperidine rings is 1. The quantitative estimate of drug-likeness (QED) is 0.247. The normalized spacial score (nSPS) is 16.8. The van der Waals surface area contributed by atoms with Gasteiger partial charge in [-0.05, 0) is 46.1 Å². The van der Waals surface area contributed by atoms with Gasteiger partial charge in [0.25, 0.3) is 0 Å². The number of likely N-dealkylation sites (tertiary alicyclic amines) is 1. The smallest absolute Gasteiger partial charge is 0.236 e. The molecule has 1 aromatic rings. The molecule has 1 aliphatic heterocycles. The summed E-state index contributed by atoms with van der Waals surface area (Å²) < 4.78 is 0. The largest absolute Gasteiger partial charge is 0.357 e. The minimum Gasteiger partial charge on any atom is -0.357 e. The summed E-state index contributed by atoms with van der Waals surface area (Å²) in [6.07, 6.45) is 2.02. The summed E-state index contributed by atoms with van der Waals surface area (Å²) >= 11 is 0. The molecule has 0 aromatic heterocycles. The third-order valence-electron chi connectivity index (χ3n) is 5.67. The van der Waals surface area contributed by atoms with Gasteiger partial charge in [-0.1, -0.05) is 30.3 Å². The second-order valence-corrected chi connectivity index (χ2v) is 9.34. The maximum absolute atomic E-state index is 11.9. The van der Waals surface area contributed by atoms with Gasteiger partial charge in [0.05, 0.1) is 13.1 Å². The summed E-state index contributed by atoms with van der Waals surface area (Å²) in [7, 11) is 3.62. The summed E-state index contributed by atoms with van der Waals surface area (Å²) in [6, 6.07) is 11.1. The highest BCUT2D eigenvalue weighted by Gasteiger charge is 2.23. The molecule has 2 rings (SSSR count). The molecule has 7 nitrogen and oxygen atoms in total. The molecule has 1 atom stereocenters. The molecular formula is C24H43IN6O. The van der Waals surface area contributed by atoms with E-state index in [0.717, 1.165) is 38.4 Å². The predicted octanol–water partition coefficient (Wildman–Crippen LogP) is 2.84. The standard InChI is InChI=1S/C24H42N6O.HI/c1-7-25-23(27-21-13-15-30(16-14-21)17-22(31)29(5)6)26-18-24(3,4)28-19(2)20-11-9-8-10-12-20;/h8-12,19,21,28H,7,13-18H2,1-6H3,(H2,25,26,27);1H. The van der Waals surface area contributed by atoms with Gasteiger partial charge in [-0.25, -0.2) is 0 Å². The highest BCUT2D eigenvalue weighted by atomic mass is 127. The van der Waals surface area contributed by atoms with Gasteiger partial charge in [-0.3, -0.25) is 14.7 Å². The summed E-state index contributed by atoms with van der Waals surface area (Å²) in [6.45, 7) is 12.5. The van der Waals surface area contributed by atoms with Crippen molar-refractivity contribution in [2.45, 2.75) is 58.2 Å². The number of likely N-dealkylation sites (N-methyl/N-ethyl adjacent to an activating group) is 1. The molecule has 1 unspecified atom stereocenters. The topological polar surface area (TPSA) is 72.0 Å². The highest BCUT2D eigenvalue weighted by molar-refractivity contribution is 14.0. The van der Waals surface area contributed by atoms with E-state index < -0.39 is 0 Å². The molecule has 182 valence electrons. The Morgan fingerprint density at radius 3 is 2.41 bits per heavy atom. The van der Waals surface area contributed by atoms with Crippen LogP contribution in [0, 0.1) is 0 Å². The molecule has 0 bridgehead atoms. The molecule has 1 aromatic carbocycles. The molecule has 1 fully saturated rings. The Hall–Kier alpha value is -1.39. The van der Waals surface area contributed by atoms with Crippen LogP contribution in [0.3, 0.4) is 0 Å². The number of hydrogen-bond acceptors (Lipinski definition) is 4. The van der Waals surface area contributed by atoms with Crippen LogP contribution in [0.2, 0.25) is 0 Å². The second kappa shape index (κ2) is 14.0. The van der Waals surface area contributed by atoms with Gasteiger partial charge in [0, 0.05) is 51.4 Å². The Balaban J connectivity index is 0.00000512. The molecule has 1 saturated heterocycles. The fourth-order valence-electron chi connectivity index (χ4n) is 3.81. The monoisotopic (exact) mass is 558 g/mol.